The highest BCUT2D eigenvalue weighted by molar-refractivity contribution is 6.81. The molecule has 1 aliphatic rings. The molecule has 2 heteroatoms. The van der Waals surface area contributed by atoms with Gasteiger partial charge in [0.1, 0.15) is 0 Å². The highest BCUT2D eigenvalue weighted by Crippen LogP contribution is 2.32. The van der Waals surface area contributed by atoms with E-state index in [1.165, 1.54) is 5.57 Å². The van der Waals surface area contributed by atoms with Crippen molar-refractivity contribution in [3.63, 3.8) is 0 Å². The molecule has 1 rings (SSSR count). The normalized spacial score (nSPS) is 34.6. The predicted molar refractivity (Wildman–Crippen MR) is 55.8 cm³/mol. The van der Waals surface area contributed by atoms with Crippen LogP contribution in [0.5, 0.6) is 0 Å². The molecule has 0 amide bonds. The van der Waals surface area contributed by atoms with Crippen LogP contribution in [0.3, 0.4) is 0 Å². The van der Waals surface area contributed by atoms with Gasteiger partial charge in [0.25, 0.3) is 0 Å². The number of aliphatic hydroxyl groups is 1. The van der Waals surface area contributed by atoms with Gasteiger partial charge in [0.15, 0.2) is 0 Å². The van der Waals surface area contributed by atoms with Crippen molar-refractivity contribution in [1.29, 1.82) is 0 Å². The second-order valence-corrected chi connectivity index (χ2v) is 10.0. The number of aliphatic hydroxyl groups excluding tert-OH is 1. The first-order valence-corrected chi connectivity index (χ1v) is 8.37. The van der Waals surface area contributed by atoms with Crippen LogP contribution in [0.25, 0.3) is 0 Å². The highest BCUT2D eigenvalue weighted by Gasteiger charge is 2.27. The zero-order valence-corrected chi connectivity index (χ0v) is 9.59. The third-order valence-corrected chi connectivity index (χ3v) is 3.75. The summed E-state index contributed by atoms with van der Waals surface area (Å²) in [6.07, 6.45) is 2.01. The van der Waals surface area contributed by atoms with Crippen molar-refractivity contribution < 1.29 is 5.11 Å². The SMILES string of the molecule is CC1/C(=C/[Si](C)(C)C)CCC1O. The van der Waals surface area contributed by atoms with Crippen LogP contribution >= 0.6 is 0 Å². The van der Waals surface area contributed by atoms with Crippen LogP contribution in [0, 0.1) is 5.92 Å². The lowest BCUT2D eigenvalue weighted by Gasteiger charge is -2.15. The second kappa shape index (κ2) is 3.34. The molecule has 1 nitrogen and oxygen atoms in total. The van der Waals surface area contributed by atoms with Crippen molar-refractivity contribution in [3.8, 4) is 0 Å². The summed E-state index contributed by atoms with van der Waals surface area (Å²) in [5, 5.41) is 9.54. The molecule has 12 heavy (non-hydrogen) atoms. The molecule has 2 unspecified atom stereocenters. The zero-order valence-electron chi connectivity index (χ0n) is 8.59. The maximum absolute atomic E-state index is 9.54. The van der Waals surface area contributed by atoms with Gasteiger partial charge in [-0.2, -0.15) is 0 Å². The van der Waals surface area contributed by atoms with Crippen molar-refractivity contribution in [3.05, 3.63) is 11.3 Å². The molecule has 0 heterocycles. The summed E-state index contributed by atoms with van der Waals surface area (Å²) in [5.41, 5.74) is 3.95. The molecule has 0 aliphatic heterocycles. The van der Waals surface area contributed by atoms with Gasteiger partial charge in [0.2, 0.25) is 0 Å². The Morgan fingerprint density at radius 2 is 2.00 bits per heavy atom. The Kier molecular flexibility index (Phi) is 2.79. The maximum Gasteiger partial charge on any atom is 0.0686 e. The molecule has 0 aromatic rings. The van der Waals surface area contributed by atoms with Crippen LogP contribution in [0.15, 0.2) is 11.3 Å². The Bertz CT molecular complexity index is 191. The Morgan fingerprint density at radius 1 is 1.42 bits per heavy atom. The third kappa shape index (κ3) is 2.46. The summed E-state index contributed by atoms with van der Waals surface area (Å²) < 4.78 is 0. The van der Waals surface area contributed by atoms with Gasteiger partial charge in [-0.1, -0.05) is 37.8 Å². The van der Waals surface area contributed by atoms with E-state index in [4.69, 9.17) is 0 Å². The summed E-state index contributed by atoms with van der Waals surface area (Å²) in [6, 6.07) is 0. The minimum absolute atomic E-state index is 0.0763. The predicted octanol–water partition coefficient (Wildman–Crippen LogP) is 2.58. The Balaban J connectivity index is 2.71. The van der Waals surface area contributed by atoms with Crippen molar-refractivity contribution in [2.45, 2.75) is 45.5 Å². The molecule has 0 bridgehead atoms. The van der Waals surface area contributed by atoms with Crippen LogP contribution in [0.2, 0.25) is 19.6 Å². The third-order valence-electron chi connectivity index (χ3n) is 2.51. The van der Waals surface area contributed by atoms with Gasteiger partial charge < -0.3 is 5.11 Å². The van der Waals surface area contributed by atoms with Crippen molar-refractivity contribution in [2.24, 2.45) is 5.92 Å². The largest absolute Gasteiger partial charge is 0.393 e. The van der Waals surface area contributed by atoms with E-state index in [0.717, 1.165) is 12.8 Å². The van der Waals surface area contributed by atoms with Crippen LogP contribution in [0.4, 0.5) is 0 Å². The average Bonchev–Trinajstić information content (AvgIpc) is 2.16. The summed E-state index contributed by atoms with van der Waals surface area (Å²) in [7, 11) is -1.07. The van der Waals surface area contributed by atoms with Crippen LogP contribution in [-0.2, 0) is 0 Å². The minimum atomic E-state index is -1.07. The zero-order chi connectivity index (χ0) is 9.35. The van der Waals surface area contributed by atoms with E-state index in [0.29, 0.717) is 5.92 Å². The van der Waals surface area contributed by atoms with Crippen molar-refractivity contribution in [1.82, 2.24) is 0 Å². The molecule has 0 aromatic heterocycles. The lowest BCUT2D eigenvalue weighted by molar-refractivity contribution is 0.149. The average molecular weight is 184 g/mol. The van der Waals surface area contributed by atoms with E-state index in [1.54, 1.807) is 0 Å². The lowest BCUT2D eigenvalue weighted by atomic mass is 10.1. The van der Waals surface area contributed by atoms with E-state index >= 15 is 0 Å². The fraction of sp³-hybridized carbons (Fsp3) is 0.800. The van der Waals surface area contributed by atoms with Gasteiger partial charge in [-0.25, -0.2) is 0 Å². The van der Waals surface area contributed by atoms with E-state index < -0.39 is 8.07 Å². The molecule has 70 valence electrons. The van der Waals surface area contributed by atoms with Crippen molar-refractivity contribution >= 4 is 8.07 Å². The molecule has 0 saturated heterocycles. The van der Waals surface area contributed by atoms with Gasteiger partial charge in [0, 0.05) is 5.92 Å². The van der Waals surface area contributed by atoms with Gasteiger partial charge in [-0.15, -0.1) is 0 Å². The minimum Gasteiger partial charge on any atom is -0.393 e. The van der Waals surface area contributed by atoms with E-state index in [1.807, 2.05) is 0 Å². The quantitative estimate of drug-likeness (QED) is 0.621. The molecule has 0 radical (unpaired) electrons. The Labute approximate surface area is 76.5 Å². The first kappa shape index (κ1) is 10.0. The summed E-state index contributed by atoms with van der Waals surface area (Å²) in [5.74, 6) is 0.414. The Morgan fingerprint density at radius 3 is 2.33 bits per heavy atom. The fourth-order valence-corrected chi connectivity index (χ4v) is 3.32. The van der Waals surface area contributed by atoms with Crippen LogP contribution in [0.1, 0.15) is 19.8 Å². The number of rotatable bonds is 1. The summed E-state index contributed by atoms with van der Waals surface area (Å²) in [6.45, 7) is 9.18. The monoisotopic (exact) mass is 184 g/mol. The second-order valence-electron chi connectivity index (χ2n) is 4.98. The standard InChI is InChI=1S/C10H20OSi/c1-8-9(5-6-10(8)11)7-12(2,3)4/h7-8,10-11H,5-6H2,1-4H3/b9-7+. The molecule has 1 saturated carbocycles. The molecule has 0 aromatic carbocycles. The Hall–Kier alpha value is -0.0831. The van der Waals surface area contributed by atoms with Crippen LogP contribution in [-0.4, -0.2) is 19.3 Å². The number of hydrogen-bond donors (Lipinski definition) is 1. The molecular formula is C10H20OSi. The van der Waals surface area contributed by atoms with E-state index in [2.05, 4.69) is 32.3 Å². The van der Waals surface area contributed by atoms with Gasteiger partial charge in [0.05, 0.1) is 14.2 Å². The summed E-state index contributed by atoms with van der Waals surface area (Å²) >= 11 is 0. The fourth-order valence-electron chi connectivity index (χ4n) is 1.80. The lowest BCUT2D eigenvalue weighted by Crippen LogP contribution is -2.19. The van der Waals surface area contributed by atoms with Gasteiger partial charge in [-0.05, 0) is 12.8 Å². The smallest absolute Gasteiger partial charge is 0.0686 e. The highest BCUT2D eigenvalue weighted by atomic mass is 28.3. The first-order chi connectivity index (χ1) is 5.40. The molecule has 1 aliphatic carbocycles. The maximum atomic E-state index is 9.54. The molecule has 1 fully saturated rings. The van der Waals surface area contributed by atoms with Crippen LogP contribution < -0.4 is 0 Å². The number of hydrogen-bond acceptors (Lipinski definition) is 1. The topological polar surface area (TPSA) is 20.2 Å². The van der Waals surface area contributed by atoms with Gasteiger partial charge >= 0.3 is 0 Å². The first-order valence-electron chi connectivity index (χ1n) is 4.80. The van der Waals surface area contributed by atoms with E-state index in [9.17, 15) is 5.11 Å². The molecule has 1 N–H and O–H groups in total. The molecule has 0 spiro atoms. The van der Waals surface area contributed by atoms with E-state index in [-0.39, 0.29) is 6.10 Å². The van der Waals surface area contributed by atoms with Gasteiger partial charge in [-0.3, -0.25) is 0 Å². The summed E-state index contributed by atoms with van der Waals surface area (Å²) in [4.78, 5) is 0. The van der Waals surface area contributed by atoms with Crippen molar-refractivity contribution in [2.75, 3.05) is 0 Å². The molecular weight excluding hydrogens is 164 g/mol. The molecule has 2 atom stereocenters.